The van der Waals surface area contributed by atoms with Gasteiger partial charge in [-0.25, -0.2) is 4.39 Å². The number of nitrogens with zero attached hydrogens (tertiary/aromatic N) is 3. The summed E-state index contributed by atoms with van der Waals surface area (Å²) in [6.07, 6.45) is 0. The van der Waals surface area contributed by atoms with E-state index >= 15 is 0 Å². The number of hydrogen-bond donors (Lipinski definition) is 1. The molecule has 2 aromatic rings. The van der Waals surface area contributed by atoms with Gasteiger partial charge in [0.25, 0.3) is 0 Å². The molecule has 0 aliphatic rings. The lowest BCUT2D eigenvalue weighted by Crippen LogP contribution is -2.11. The van der Waals surface area contributed by atoms with Crippen molar-refractivity contribution >= 4 is 5.69 Å². The van der Waals surface area contributed by atoms with Gasteiger partial charge in [0, 0.05) is 18.3 Å². The van der Waals surface area contributed by atoms with Crippen molar-refractivity contribution in [3.63, 3.8) is 0 Å². The predicted octanol–water partition coefficient (Wildman–Crippen LogP) is 2.85. The molecule has 1 atom stereocenters. The van der Waals surface area contributed by atoms with Crippen LogP contribution in [0.4, 0.5) is 10.1 Å². The Morgan fingerprint density at radius 2 is 2.05 bits per heavy atom. The minimum Gasteiger partial charge on any atom is -0.364 e. The normalized spacial score (nSPS) is 11.9. The Hall–Kier alpha value is -2.35. The first-order valence-corrected chi connectivity index (χ1v) is 5.95. The van der Waals surface area contributed by atoms with Crippen molar-refractivity contribution in [1.82, 2.24) is 9.78 Å². The first-order chi connectivity index (χ1) is 9.04. The highest BCUT2D eigenvalue weighted by Gasteiger charge is 2.20. The summed E-state index contributed by atoms with van der Waals surface area (Å²) in [6.45, 7) is 3.73. The molecule has 5 heteroatoms. The molecule has 1 N–H and O–H groups in total. The molecule has 2 rings (SSSR count). The van der Waals surface area contributed by atoms with Gasteiger partial charge in [-0.15, -0.1) is 0 Å². The van der Waals surface area contributed by atoms with Crippen molar-refractivity contribution in [1.29, 1.82) is 5.26 Å². The number of hydrogen-bond acceptors (Lipinski definition) is 3. The largest absolute Gasteiger partial charge is 0.364 e. The Balaban J connectivity index is 2.37. The lowest BCUT2D eigenvalue weighted by atomic mass is 10.1. The summed E-state index contributed by atoms with van der Waals surface area (Å²) in [4.78, 5) is 0. The molecule has 0 amide bonds. The molecule has 1 unspecified atom stereocenters. The van der Waals surface area contributed by atoms with Crippen LogP contribution in [0, 0.1) is 31.0 Å². The number of benzene rings is 1. The predicted molar refractivity (Wildman–Crippen MR) is 71.1 cm³/mol. The fourth-order valence-electron chi connectivity index (χ4n) is 2.11. The average molecular weight is 258 g/mol. The van der Waals surface area contributed by atoms with Crippen molar-refractivity contribution in [2.45, 2.75) is 19.9 Å². The van der Waals surface area contributed by atoms with Crippen LogP contribution in [0.1, 0.15) is 23.0 Å². The lowest BCUT2D eigenvalue weighted by Gasteiger charge is -2.14. The summed E-state index contributed by atoms with van der Waals surface area (Å²) in [5, 5.41) is 16.5. The minimum atomic E-state index is -0.620. The monoisotopic (exact) mass is 258 g/mol. The van der Waals surface area contributed by atoms with Crippen LogP contribution in [0.5, 0.6) is 0 Å². The van der Waals surface area contributed by atoms with Crippen LogP contribution in [-0.2, 0) is 7.05 Å². The van der Waals surface area contributed by atoms with Crippen LogP contribution < -0.4 is 5.32 Å². The van der Waals surface area contributed by atoms with E-state index < -0.39 is 6.04 Å². The molecular formula is C14H15FN4. The molecule has 1 aromatic carbocycles. The smallest absolute Gasteiger partial charge is 0.146 e. The summed E-state index contributed by atoms with van der Waals surface area (Å²) in [5.74, 6) is -0.373. The summed E-state index contributed by atoms with van der Waals surface area (Å²) in [7, 11) is 1.82. The van der Waals surface area contributed by atoms with Gasteiger partial charge in [0.15, 0.2) is 0 Å². The second-order valence-corrected chi connectivity index (χ2v) is 4.39. The fraction of sp³-hybridized carbons (Fsp3) is 0.286. The highest BCUT2D eigenvalue weighted by molar-refractivity contribution is 5.49. The maximum absolute atomic E-state index is 13.6. The van der Waals surface area contributed by atoms with Crippen LogP contribution in [0.2, 0.25) is 0 Å². The van der Waals surface area contributed by atoms with E-state index in [2.05, 4.69) is 16.5 Å². The second kappa shape index (κ2) is 5.11. The number of rotatable bonds is 3. The SMILES string of the molecule is Cc1nn(C)c(C)c1C(C#N)Nc1ccccc1F. The van der Waals surface area contributed by atoms with Crippen LogP contribution in [0.3, 0.4) is 0 Å². The third kappa shape index (κ3) is 2.43. The van der Waals surface area contributed by atoms with Crippen LogP contribution >= 0.6 is 0 Å². The van der Waals surface area contributed by atoms with E-state index in [1.54, 1.807) is 22.9 Å². The van der Waals surface area contributed by atoms with Crippen molar-refractivity contribution in [2.24, 2.45) is 7.05 Å². The molecule has 98 valence electrons. The van der Waals surface area contributed by atoms with Crippen molar-refractivity contribution in [3.05, 3.63) is 47.0 Å². The van der Waals surface area contributed by atoms with Crippen LogP contribution in [0.25, 0.3) is 0 Å². The number of halogens is 1. The molecule has 0 radical (unpaired) electrons. The maximum atomic E-state index is 13.6. The Labute approximate surface area is 111 Å². The van der Waals surface area contributed by atoms with E-state index in [4.69, 9.17) is 0 Å². The first-order valence-electron chi connectivity index (χ1n) is 5.95. The summed E-state index contributed by atoms with van der Waals surface area (Å²) >= 11 is 0. The number of para-hydroxylation sites is 1. The third-order valence-corrected chi connectivity index (χ3v) is 3.16. The second-order valence-electron chi connectivity index (χ2n) is 4.39. The average Bonchev–Trinajstić information content (AvgIpc) is 2.63. The molecule has 0 aliphatic heterocycles. The maximum Gasteiger partial charge on any atom is 0.146 e. The van der Waals surface area contributed by atoms with Crippen molar-refractivity contribution in [2.75, 3.05) is 5.32 Å². The number of nitriles is 1. The van der Waals surface area contributed by atoms with E-state index in [9.17, 15) is 9.65 Å². The molecule has 1 aromatic heterocycles. The summed E-state index contributed by atoms with van der Waals surface area (Å²) in [6, 6.07) is 7.85. The van der Waals surface area contributed by atoms with Crippen molar-refractivity contribution < 1.29 is 4.39 Å². The fourth-order valence-corrected chi connectivity index (χ4v) is 2.11. The van der Waals surface area contributed by atoms with E-state index in [0.717, 1.165) is 17.0 Å². The molecule has 0 bridgehead atoms. The third-order valence-electron chi connectivity index (χ3n) is 3.16. The van der Waals surface area contributed by atoms with E-state index in [1.165, 1.54) is 6.07 Å². The zero-order valence-corrected chi connectivity index (χ0v) is 11.1. The molecule has 0 fully saturated rings. The zero-order chi connectivity index (χ0) is 14.0. The summed E-state index contributed by atoms with van der Waals surface area (Å²) < 4.78 is 15.3. The van der Waals surface area contributed by atoms with Gasteiger partial charge >= 0.3 is 0 Å². The first kappa shape index (κ1) is 13.1. The molecule has 0 spiro atoms. The molecular weight excluding hydrogens is 243 g/mol. The van der Waals surface area contributed by atoms with Gasteiger partial charge in [-0.3, -0.25) is 4.68 Å². The van der Waals surface area contributed by atoms with Crippen molar-refractivity contribution in [3.8, 4) is 6.07 Å². The van der Waals surface area contributed by atoms with Gasteiger partial charge in [-0.2, -0.15) is 10.4 Å². The van der Waals surface area contributed by atoms with Crippen LogP contribution in [0.15, 0.2) is 24.3 Å². The number of nitrogens with one attached hydrogen (secondary N) is 1. The van der Waals surface area contributed by atoms with E-state index in [-0.39, 0.29) is 5.82 Å². The quantitative estimate of drug-likeness (QED) is 0.921. The molecule has 4 nitrogen and oxygen atoms in total. The van der Waals surface area contributed by atoms with Gasteiger partial charge in [0.2, 0.25) is 0 Å². The van der Waals surface area contributed by atoms with E-state index in [1.807, 2.05) is 20.9 Å². The minimum absolute atomic E-state index is 0.316. The Kier molecular flexibility index (Phi) is 3.52. The van der Waals surface area contributed by atoms with E-state index in [0.29, 0.717) is 5.69 Å². The number of aromatic nitrogens is 2. The molecule has 1 heterocycles. The van der Waals surface area contributed by atoms with Gasteiger partial charge in [0.05, 0.1) is 17.5 Å². The van der Waals surface area contributed by atoms with Gasteiger partial charge in [0.1, 0.15) is 11.9 Å². The lowest BCUT2D eigenvalue weighted by molar-refractivity contribution is 0.629. The molecule has 19 heavy (non-hydrogen) atoms. The van der Waals surface area contributed by atoms with Gasteiger partial charge in [-0.05, 0) is 26.0 Å². The zero-order valence-electron chi connectivity index (χ0n) is 11.1. The molecule has 0 saturated carbocycles. The Morgan fingerprint density at radius 3 is 2.58 bits per heavy atom. The highest BCUT2D eigenvalue weighted by atomic mass is 19.1. The van der Waals surface area contributed by atoms with Gasteiger partial charge < -0.3 is 5.32 Å². The Bertz CT molecular complexity index is 639. The molecule has 0 aliphatic carbocycles. The number of aryl methyl sites for hydroxylation is 2. The van der Waals surface area contributed by atoms with Gasteiger partial charge in [-0.1, -0.05) is 12.1 Å². The highest BCUT2D eigenvalue weighted by Crippen LogP contribution is 2.25. The number of anilines is 1. The molecule has 0 saturated heterocycles. The summed E-state index contributed by atoms with van der Waals surface area (Å²) in [5.41, 5.74) is 2.79. The standard InChI is InChI=1S/C14H15FN4/c1-9-14(10(2)19(3)18-9)13(8-16)17-12-7-5-4-6-11(12)15/h4-7,13,17H,1-3H3. The Morgan fingerprint density at radius 1 is 1.37 bits per heavy atom. The topological polar surface area (TPSA) is 53.6 Å². The van der Waals surface area contributed by atoms with Crippen LogP contribution in [-0.4, -0.2) is 9.78 Å².